The third-order valence-electron chi connectivity index (χ3n) is 4.84. The minimum atomic E-state index is -0.482. The van der Waals surface area contributed by atoms with Crippen LogP contribution in [-0.2, 0) is 16.0 Å². The summed E-state index contributed by atoms with van der Waals surface area (Å²) in [5, 5.41) is 8.44. The monoisotopic (exact) mass is 344 g/mol. The minimum absolute atomic E-state index is 0.0625. The summed E-state index contributed by atoms with van der Waals surface area (Å²) in [6, 6.07) is 6.18. The van der Waals surface area contributed by atoms with E-state index in [1.807, 2.05) is 31.2 Å². The largest absolute Gasteiger partial charge is 0.343 e. The van der Waals surface area contributed by atoms with Crippen LogP contribution in [0.2, 0.25) is 0 Å². The van der Waals surface area contributed by atoms with Crippen molar-refractivity contribution in [3.05, 3.63) is 29.8 Å². The Hall–Kier alpha value is -2.57. The lowest BCUT2D eigenvalue weighted by Crippen LogP contribution is -2.60. The number of nitrogens with one attached hydrogen (secondary N) is 3. The molecule has 7 heteroatoms. The molecular formula is C18H24N4O3. The van der Waals surface area contributed by atoms with E-state index in [1.54, 1.807) is 4.90 Å². The van der Waals surface area contributed by atoms with E-state index in [0.29, 0.717) is 19.4 Å². The molecule has 0 spiro atoms. The van der Waals surface area contributed by atoms with Crippen molar-refractivity contribution in [1.82, 2.24) is 15.5 Å². The quantitative estimate of drug-likeness (QED) is 0.768. The lowest BCUT2D eigenvalue weighted by atomic mass is 10.1. The number of urea groups is 1. The van der Waals surface area contributed by atoms with E-state index in [2.05, 4.69) is 22.9 Å². The summed E-state index contributed by atoms with van der Waals surface area (Å²) >= 11 is 0. The third-order valence-corrected chi connectivity index (χ3v) is 4.84. The number of carbonyl (C=O) groups excluding carboxylic acids is 3. The van der Waals surface area contributed by atoms with Gasteiger partial charge < -0.3 is 20.9 Å². The maximum Gasteiger partial charge on any atom is 0.319 e. The molecule has 3 N–H and O–H groups in total. The molecule has 0 saturated carbocycles. The molecule has 3 rings (SSSR count). The fraction of sp³-hybridized carbons (Fsp3) is 0.500. The summed E-state index contributed by atoms with van der Waals surface area (Å²) in [5.41, 5.74) is 1.87. The molecule has 2 aliphatic rings. The molecule has 1 aromatic rings. The van der Waals surface area contributed by atoms with Crippen molar-refractivity contribution in [2.75, 3.05) is 11.9 Å². The highest BCUT2D eigenvalue weighted by Gasteiger charge is 2.46. The van der Waals surface area contributed by atoms with Gasteiger partial charge in [-0.25, -0.2) is 4.79 Å². The van der Waals surface area contributed by atoms with Gasteiger partial charge in [0.1, 0.15) is 12.1 Å². The Bertz CT molecular complexity index is 691. The number of anilines is 1. The second-order valence-electron chi connectivity index (χ2n) is 6.56. The maximum absolute atomic E-state index is 12.4. The Balaban J connectivity index is 1.60. The minimum Gasteiger partial charge on any atom is -0.343 e. The average Bonchev–Trinajstić information content (AvgIpc) is 3.02. The number of rotatable bonds is 4. The van der Waals surface area contributed by atoms with Gasteiger partial charge in [0.2, 0.25) is 11.8 Å². The highest BCUT2D eigenvalue weighted by atomic mass is 16.2. The molecule has 0 aliphatic carbocycles. The Kier molecular flexibility index (Phi) is 4.92. The fourth-order valence-electron chi connectivity index (χ4n) is 3.46. The standard InChI is InChI=1S/C18H24N4O3/c1-3-11-6-5-7-12(8-11)19-18(25)20-13-9-15-16(23)21-14(4-2)17(24)22(15)10-13/h5-8,13-15H,3-4,9-10H2,1-2H3,(H,21,23)(H2,19,20,25)/t13-,14-,15-/m0/s1. The van der Waals surface area contributed by atoms with Crippen molar-refractivity contribution in [2.24, 2.45) is 0 Å². The molecule has 7 nitrogen and oxygen atoms in total. The molecule has 3 atom stereocenters. The van der Waals surface area contributed by atoms with Crippen molar-refractivity contribution in [2.45, 2.75) is 51.2 Å². The predicted molar refractivity (Wildman–Crippen MR) is 94.1 cm³/mol. The third kappa shape index (κ3) is 3.60. The molecular weight excluding hydrogens is 320 g/mol. The van der Waals surface area contributed by atoms with Crippen LogP contribution in [0.4, 0.5) is 10.5 Å². The van der Waals surface area contributed by atoms with Crippen molar-refractivity contribution in [1.29, 1.82) is 0 Å². The number of piperazine rings is 1. The first-order valence-corrected chi connectivity index (χ1v) is 8.79. The Morgan fingerprint density at radius 3 is 2.84 bits per heavy atom. The van der Waals surface area contributed by atoms with Crippen LogP contribution >= 0.6 is 0 Å². The van der Waals surface area contributed by atoms with Gasteiger partial charge in [-0.1, -0.05) is 26.0 Å². The first-order chi connectivity index (χ1) is 12.0. The molecule has 134 valence electrons. The SMILES string of the molecule is CCc1cccc(NC(=O)N[C@H]2C[C@H]3C(=O)N[C@@H](CC)C(=O)N3C2)c1. The van der Waals surface area contributed by atoms with Crippen molar-refractivity contribution in [3.8, 4) is 0 Å². The maximum atomic E-state index is 12.4. The number of hydrogen-bond donors (Lipinski definition) is 3. The van der Waals surface area contributed by atoms with Crippen molar-refractivity contribution < 1.29 is 14.4 Å². The summed E-state index contributed by atoms with van der Waals surface area (Å²) in [7, 11) is 0. The number of hydrogen-bond acceptors (Lipinski definition) is 3. The molecule has 0 bridgehead atoms. The zero-order chi connectivity index (χ0) is 18.0. The Morgan fingerprint density at radius 2 is 2.12 bits per heavy atom. The number of nitrogens with zero attached hydrogens (tertiary/aromatic N) is 1. The van der Waals surface area contributed by atoms with E-state index in [0.717, 1.165) is 17.7 Å². The van der Waals surface area contributed by atoms with Gasteiger partial charge in [-0.3, -0.25) is 9.59 Å². The molecule has 0 aromatic heterocycles. The van der Waals surface area contributed by atoms with Crippen molar-refractivity contribution in [3.63, 3.8) is 0 Å². The molecule has 2 saturated heterocycles. The number of aryl methyl sites for hydroxylation is 1. The number of fused-ring (bicyclic) bond motifs is 1. The van der Waals surface area contributed by atoms with Crippen molar-refractivity contribution >= 4 is 23.5 Å². The second kappa shape index (κ2) is 7.13. The molecule has 4 amide bonds. The van der Waals surface area contributed by atoms with Gasteiger partial charge in [0.15, 0.2) is 0 Å². The van der Waals surface area contributed by atoms with Crippen LogP contribution in [0.5, 0.6) is 0 Å². The highest BCUT2D eigenvalue weighted by molar-refractivity contribution is 5.97. The number of amides is 4. The van der Waals surface area contributed by atoms with Gasteiger partial charge in [0, 0.05) is 12.2 Å². The van der Waals surface area contributed by atoms with Gasteiger partial charge >= 0.3 is 6.03 Å². The van der Waals surface area contributed by atoms with Crippen LogP contribution in [0.15, 0.2) is 24.3 Å². The smallest absolute Gasteiger partial charge is 0.319 e. The lowest BCUT2D eigenvalue weighted by Gasteiger charge is -2.33. The topological polar surface area (TPSA) is 90.5 Å². The lowest BCUT2D eigenvalue weighted by molar-refractivity contribution is -0.147. The van der Waals surface area contributed by atoms with Crippen LogP contribution in [0, 0.1) is 0 Å². The van der Waals surface area contributed by atoms with Gasteiger partial charge in [0.05, 0.1) is 6.04 Å². The summed E-state index contributed by atoms with van der Waals surface area (Å²) < 4.78 is 0. The zero-order valence-electron chi connectivity index (χ0n) is 14.5. The Labute approximate surface area is 147 Å². The Morgan fingerprint density at radius 1 is 1.32 bits per heavy atom. The van der Waals surface area contributed by atoms with Crippen LogP contribution < -0.4 is 16.0 Å². The van der Waals surface area contributed by atoms with E-state index < -0.39 is 12.1 Å². The normalized spacial score (nSPS) is 25.4. The summed E-state index contributed by atoms with van der Waals surface area (Å²) in [5.74, 6) is -0.195. The molecule has 0 unspecified atom stereocenters. The van der Waals surface area contributed by atoms with Crippen LogP contribution in [0.25, 0.3) is 0 Å². The van der Waals surface area contributed by atoms with Gasteiger partial charge in [-0.05, 0) is 37.0 Å². The molecule has 0 radical (unpaired) electrons. The molecule has 2 fully saturated rings. The fourth-order valence-corrected chi connectivity index (χ4v) is 3.46. The van der Waals surface area contributed by atoms with Crippen LogP contribution in [0.1, 0.15) is 32.3 Å². The average molecular weight is 344 g/mol. The summed E-state index contributed by atoms with van der Waals surface area (Å²) in [6.45, 7) is 4.29. The van der Waals surface area contributed by atoms with Crippen LogP contribution in [-0.4, -0.2) is 47.4 Å². The van der Waals surface area contributed by atoms with Gasteiger partial charge in [-0.2, -0.15) is 0 Å². The summed E-state index contributed by atoms with van der Waals surface area (Å²) in [4.78, 5) is 38.3. The highest BCUT2D eigenvalue weighted by Crippen LogP contribution is 2.23. The number of carbonyl (C=O) groups is 3. The first-order valence-electron chi connectivity index (χ1n) is 8.79. The van der Waals surface area contributed by atoms with E-state index in [1.165, 1.54) is 0 Å². The number of benzene rings is 1. The van der Waals surface area contributed by atoms with E-state index >= 15 is 0 Å². The van der Waals surface area contributed by atoms with Gasteiger partial charge in [0.25, 0.3) is 0 Å². The second-order valence-corrected chi connectivity index (χ2v) is 6.56. The summed E-state index contributed by atoms with van der Waals surface area (Å²) in [6.07, 6.45) is 1.91. The predicted octanol–water partition coefficient (Wildman–Crippen LogP) is 1.25. The molecule has 1 aromatic carbocycles. The molecule has 2 heterocycles. The molecule has 25 heavy (non-hydrogen) atoms. The first kappa shape index (κ1) is 17.3. The zero-order valence-corrected chi connectivity index (χ0v) is 14.5. The molecule has 2 aliphatic heterocycles. The van der Waals surface area contributed by atoms with E-state index in [-0.39, 0.29) is 23.9 Å². The van der Waals surface area contributed by atoms with Crippen LogP contribution in [0.3, 0.4) is 0 Å². The van der Waals surface area contributed by atoms with E-state index in [4.69, 9.17) is 0 Å². The van der Waals surface area contributed by atoms with E-state index in [9.17, 15) is 14.4 Å². The van der Waals surface area contributed by atoms with Gasteiger partial charge in [-0.15, -0.1) is 0 Å².